The Morgan fingerprint density at radius 2 is 2.11 bits per heavy atom. The summed E-state index contributed by atoms with van der Waals surface area (Å²) in [4.78, 5) is 10.4. The molecule has 0 aliphatic heterocycles. The van der Waals surface area contributed by atoms with Crippen LogP contribution in [0.3, 0.4) is 0 Å². The minimum atomic E-state index is 0.511. The second-order valence-electron chi connectivity index (χ2n) is 3.92. The van der Waals surface area contributed by atoms with E-state index in [4.69, 9.17) is 17.3 Å². The Hall–Kier alpha value is -1.13. The van der Waals surface area contributed by atoms with E-state index in [-0.39, 0.29) is 0 Å². The number of pyridine rings is 1. The minimum Gasteiger partial charge on any atom is -0.366 e. The highest BCUT2D eigenvalue weighted by atomic mass is 35.5. The molecule has 0 aliphatic carbocycles. The summed E-state index contributed by atoms with van der Waals surface area (Å²) in [5, 5.41) is 0.511. The lowest BCUT2D eigenvalue weighted by Gasteiger charge is -2.11. The normalized spacial score (nSPS) is 10.2. The van der Waals surface area contributed by atoms with E-state index in [0.29, 0.717) is 11.7 Å². The van der Waals surface area contributed by atoms with Crippen LogP contribution in [0.5, 0.6) is 0 Å². The highest BCUT2D eigenvalue weighted by Gasteiger charge is 1.93. The first kappa shape index (κ1) is 17.9. The molecule has 1 aromatic rings. The molecule has 1 heterocycles. The average Bonchev–Trinajstić information content (AvgIpc) is 2.44. The molecule has 0 bridgehead atoms. The molecule has 4 nitrogen and oxygen atoms in total. The van der Waals surface area contributed by atoms with E-state index in [1.54, 1.807) is 12.3 Å². The van der Waals surface area contributed by atoms with E-state index < -0.39 is 0 Å². The lowest BCUT2D eigenvalue weighted by Crippen LogP contribution is -2.18. The van der Waals surface area contributed by atoms with Gasteiger partial charge in [-0.25, -0.2) is 4.98 Å². The number of nitrogens with zero attached hydrogens (tertiary/aromatic N) is 3. The van der Waals surface area contributed by atoms with Crippen LogP contribution in [0.4, 0.5) is 0 Å². The van der Waals surface area contributed by atoms with Gasteiger partial charge in [0.15, 0.2) is 0 Å². The maximum absolute atomic E-state index is 5.70. The first-order valence-corrected chi connectivity index (χ1v) is 7.11. The number of aliphatic imine (C=N–C) groups is 1. The molecule has 0 radical (unpaired) electrons. The third-order valence-electron chi connectivity index (χ3n) is 2.31. The molecule has 1 rings (SSSR count). The van der Waals surface area contributed by atoms with Crippen LogP contribution in [-0.2, 0) is 6.54 Å². The fourth-order valence-electron chi connectivity index (χ4n) is 1.35. The first-order valence-electron chi connectivity index (χ1n) is 6.73. The van der Waals surface area contributed by atoms with Crippen LogP contribution >= 0.6 is 11.6 Å². The zero-order valence-corrected chi connectivity index (χ0v) is 12.9. The molecule has 19 heavy (non-hydrogen) atoms. The molecule has 0 saturated heterocycles. The van der Waals surface area contributed by atoms with Gasteiger partial charge >= 0.3 is 0 Å². The van der Waals surface area contributed by atoms with Crippen molar-refractivity contribution in [2.45, 2.75) is 33.2 Å². The lowest BCUT2D eigenvalue weighted by molar-refractivity contribution is 0.490. The largest absolute Gasteiger partial charge is 0.366 e. The van der Waals surface area contributed by atoms with Gasteiger partial charge in [0.1, 0.15) is 5.15 Å². The van der Waals surface area contributed by atoms with Crippen molar-refractivity contribution < 1.29 is 0 Å². The van der Waals surface area contributed by atoms with Crippen molar-refractivity contribution in [1.29, 1.82) is 0 Å². The summed E-state index contributed by atoms with van der Waals surface area (Å²) in [6.07, 6.45) is 5.75. The van der Waals surface area contributed by atoms with Crippen molar-refractivity contribution in [3.63, 3.8) is 0 Å². The van der Waals surface area contributed by atoms with E-state index in [9.17, 15) is 0 Å². The number of nitrogens with two attached hydrogens (primary N) is 1. The van der Waals surface area contributed by atoms with Gasteiger partial charge in [0, 0.05) is 19.8 Å². The van der Waals surface area contributed by atoms with Gasteiger partial charge in [0.05, 0.1) is 12.9 Å². The van der Waals surface area contributed by atoms with Crippen molar-refractivity contribution >= 4 is 17.9 Å². The summed E-state index contributed by atoms with van der Waals surface area (Å²) in [7, 11) is 2.01. The minimum absolute atomic E-state index is 0.511. The van der Waals surface area contributed by atoms with E-state index in [2.05, 4.69) is 14.9 Å². The summed E-state index contributed by atoms with van der Waals surface area (Å²) in [5.41, 5.74) is 6.49. The van der Waals surface area contributed by atoms with Gasteiger partial charge in [-0.05, 0) is 31.0 Å². The van der Waals surface area contributed by atoms with Crippen LogP contribution in [0.1, 0.15) is 32.3 Å². The first-order chi connectivity index (χ1) is 9.22. The molecule has 0 atom stereocenters. The number of rotatable bonds is 7. The molecular formula is C14H25ClN4. The molecule has 0 spiro atoms. The van der Waals surface area contributed by atoms with E-state index in [1.807, 2.05) is 33.3 Å². The Morgan fingerprint density at radius 1 is 1.37 bits per heavy atom. The zero-order chi connectivity index (χ0) is 14.5. The third-order valence-corrected chi connectivity index (χ3v) is 2.53. The second-order valence-corrected chi connectivity index (χ2v) is 4.31. The molecular weight excluding hydrogens is 260 g/mol. The predicted molar refractivity (Wildman–Crippen MR) is 83.7 cm³/mol. The standard InChI is InChI=1S/C12H19ClN4.C2H6/c1-17(7-3-2-6-14)10-15-8-11-4-5-12(13)16-9-11;1-2/h4-5,9-10H,2-3,6-8,14H2,1H3;1-2H3. The Balaban J connectivity index is 0.00000154. The van der Waals surface area contributed by atoms with Crippen molar-refractivity contribution in [2.75, 3.05) is 20.1 Å². The van der Waals surface area contributed by atoms with Crippen molar-refractivity contribution in [2.24, 2.45) is 10.7 Å². The van der Waals surface area contributed by atoms with Crippen LogP contribution in [0.2, 0.25) is 5.15 Å². The van der Waals surface area contributed by atoms with Crippen molar-refractivity contribution in [1.82, 2.24) is 9.88 Å². The molecule has 2 N–H and O–H groups in total. The Morgan fingerprint density at radius 3 is 2.68 bits per heavy atom. The molecule has 108 valence electrons. The highest BCUT2D eigenvalue weighted by Crippen LogP contribution is 2.05. The van der Waals surface area contributed by atoms with Gasteiger partial charge in [0.2, 0.25) is 0 Å². The maximum Gasteiger partial charge on any atom is 0.129 e. The van der Waals surface area contributed by atoms with Gasteiger partial charge in [-0.15, -0.1) is 0 Å². The van der Waals surface area contributed by atoms with Crippen LogP contribution in [-0.4, -0.2) is 36.4 Å². The van der Waals surface area contributed by atoms with E-state index in [1.165, 1.54) is 0 Å². The van der Waals surface area contributed by atoms with Crippen molar-refractivity contribution in [3.8, 4) is 0 Å². The van der Waals surface area contributed by atoms with E-state index >= 15 is 0 Å². The quantitative estimate of drug-likeness (QED) is 0.362. The molecule has 0 amide bonds. The summed E-state index contributed by atoms with van der Waals surface area (Å²) < 4.78 is 0. The zero-order valence-electron chi connectivity index (χ0n) is 12.1. The lowest BCUT2D eigenvalue weighted by atomic mass is 10.3. The molecule has 0 aromatic carbocycles. The number of halogens is 1. The van der Waals surface area contributed by atoms with Crippen LogP contribution in [0.25, 0.3) is 0 Å². The average molecular weight is 285 g/mol. The van der Waals surface area contributed by atoms with Crippen LogP contribution < -0.4 is 5.73 Å². The van der Waals surface area contributed by atoms with E-state index in [0.717, 1.165) is 31.5 Å². The molecule has 0 saturated carbocycles. The fraction of sp³-hybridized carbons (Fsp3) is 0.571. The van der Waals surface area contributed by atoms with Crippen LogP contribution in [0.15, 0.2) is 23.3 Å². The number of hydrogen-bond acceptors (Lipinski definition) is 3. The molecule has 0 fully saturated rings. The molecule has 0 unspecified atom stereocenters. The van der Waals surface area contributed by atoms with Crippen molar-refractivity contribution in [3.05, 3.63) is 29.0 Å². The second kappa shape index (κ2) is 11.9. The number of hydrogen-bond donors (Lipinski definition) is 1. The summed E-state index contributed by atoms with van der Waals surface area (Å²) in [5.74, 6) is 0. The van der Waals surface area contributed by atoms with Gasteiger partial charge < -0.3 is 10.6 Å². The molecule has 0 aliphatic rings. The number of unbranched alkanes of at least 4 members (excludes halogenated alkanes) is 1. The summed E-state index contributed by atoms with van der Waals surface area (Å²) >= 11 is 5.70. The monoisotopic (exact) mass is 284 g/mol. The smallest absolute Gasteiger partial charge is 0.129 e. The maximum atomic E-state index is 5.70. The van der Waals surface area contributed by atoms with Gasteiger partial charge in [-0.2, -0.15) is 0 Å². The predicted octanol–water partition coefficient (Wildman–Crippen LogP) is 2.96. The Kier molecular flexibility index (Phi) is 11.2. The Bertz CT molecular complexity index is 338. The van der Waals surface area contributed by atoms with Gasteiger partial charge in [-0.1, -0.05) is 31.5 Å². The fourth-order valence-corrected chi connectivity index (χ4v) is 1.46. The highest BCUT2D eigenvalue weighted by molar-refractivity contribution is 6.29. The van der Waals surface area contributed by atoms with Gasteiger partial charge in [0.25, 0.3) is 0 Å². The van der Waals surface area contributed by atoms with Gasteiger partial charge in [-0.3, -0.25) is 4.99 Å². The Labute approximate surface area is 121 Å². The van der Waals surface area contributed by atoms with Crippen LogP contribution in [0, 0.1) is 0 Å². The molecule has 1 aromatic heterocycles. The topological polar surface area (TPSA) is 54.5 Å². The third kappa shape index (κ3) is 9.45. The summed E-state index contributed by atoms with van der Waals surface area (Å²) in [6.45, 7) is 6.37. The number of aromatic nitrogens is 1. The summed E-state index contributed by atoms with van der Waals surface area (Å²) in [6, 6.07) is 3.71. The molecule has 5 heteroatoms. The SMILES string of the molecule is CC.CN(C=NCc1ccc(Cl)nc1)CCCCN.